The number of methoxy groups -OCH3 is 1. The summed E-state index contributed by atoms with van der Waals surface area (Å²) in [7, 11) is 1.61. The van der Waals surface area contributed by atoms with Crippen molar-refractivity contribution in [3.8, 4) is 5.88 Å². The molecule has 0 spiro atoms. The predicted molar refractivity (Wildman–Crippen MR) is 87.6 cm³/mol. The van der Waals surface area contributed by atoms with Crippen molar-refractivity contribution in [3.63, 3.8) is 0 Å². The minimum atomic E-state index is -0.122. The van der Waals surface area contributed by atoms with Crippen LogP contribution in [-0.2, 0) is 12.0 Å². The molecule has 0 saturated carbocycles. The highest BCUT2D eigenvalue weighted by Gasteiger charge is 2.21. The lowest BCUT2D eigenvalue weighted by atomic mass is 9.96. The van der Waals surface area contributed by atoms with Crippen LogP contribution in [0.2, 0.25) is 0 Å². The first-order valence-corrected chi connectivity index (χ1v) is 7.43. The lowest BCUT2D eigenvalue weighted by Crippen LogP contribution is -2.17. The van der Waals surface area contributed by atoms with Crippen LogP contribution in [0.5, 0.6) is 5.88 Å². The van der Waals surface area contributed by atoms with Crippen LogP contribution in [0.15, 0.2) is 30.5 Å². The molecular weight excluding hydrogens is 292 g/mol. The van der Waals surface area contributed by atoms with Gasteiger partial charge in [-0.05, 0) is 23.8 Å². The summed E-state index contributed by atoms with van der Waals surface area (Å²) >= 11 is 0. The minimum absolute atomic E-state index is 0.122. The molecule has 7 heteroatoms. The Bertz CT molecular complexity index is 821. The zero-order valence-corrected chi connectivity index (χ0v) is 13.7. The molecule has 0 aromatic carbocycles. The molecule has 3 aromatic heterocycles. The predicted octanol–water partition coefficient (Wildman–Crippen LogP) is 2.44. The van der Waals surface area contributed by atoms with Gasteiger partial charge in [0.05, 0.1) is 7.11 Å². The number of rotatable bonds is 4. The number of anilines is 1. The Morgan fingerprint density at radius 1 is 1.17 bits per heavy atom. The van der Waals surface area contributed by atoms with Crippen molar-refractivity contribution < 1.29 is 4.74 Å². The molecule has 3 heterocycles. The zero-order chi connectivity index (χ0) is 16.4. The van der Waals surface area contributed by atoms with Gasteiger partial charge >= 0.3 is 0 Å². The summed E-state index contributed by atoms with van der Waals surface area (Å²) in [5.74, 6) is 2.20. The molecule has 0 radical (unpaired) electrons. The quantitative estimate of drug-likeness (QED) is 0.797. The molecule has 3 aromatic rings. The Morgan fingerprint density at radius 3 is 2.74 bits per heavy atom. The molecule has 0 aliphatic heterocycles. The van der Waals surface area contributed by atoms with E-state index in [0.29, 0.717) is 12.4 Å². The second-order valence-electron chi connectivity index (χ2n) is 6.32. The van der Waals surface area contributed by atoms with Crippen molar-refractivity contribution in [1.82, 2.24) is 24.8 Å². The van der Waals surface area contributed by atoms with Gasteiger partial charge in [0.1, 0.15) is 5.82 Å². The van der Waals surface area contributed by atoms with Gasteiger partial charge in [0.2, 0.25) is 5.88 Å². The molecule has 0 aliphatic rings. The summed E-state index contributed by atoms with van der Waals surface area (Å²) in [6, 6.07) is 7.64. The summed E-state index contributed by atoms with van der Waals surface area (Å²) in [5.41, 5.74) is 1.69. The number of aromatic nitrogens is 5. The number of nitrogens with zero attached hydrogens (tertiary/aromatic N) is 5. The fraction of sp³-hybridized carbons (Fsp3) is 0.375. The molecule has 7 nitrogen and oxygen atoms in total. The highest BCUT2D eigenvalue weighted by molar-refractivity contribution is 5.45. The Kier molecular flexibility index (Phi) is 3.85. The Balaban J connectivity index is 1.83. The molecule has 0 aliphatic carbocycles. The topological polar surface area (TPSA) is 77.2 Å². The maximum Gasteiger partial charge on any atom is 0.213 e. The van der Waals surface area contributed by atoms with Crippen molar-refractivity contribution in [2.45, 2.75) is 32.7 Å². The molecule has 120 valence electrons. The summed E-state index contributed by atoms with van der Waals surface area (Å²) in [6.07, 6.45) is 1.73. The highest BCUT2D eigenvalue weighted by Crippen LogP contribution is 2.21. The van der Waals surface area contributed by atoms with Crippen molar-refractivity contribution in [2.24, 2.45) is 0 Å². The van der Waals surface area contributed by atoms with E-state index in [1.807, 2.05) is 24.3 Å². The van der Waals surface area contributed by atoms with Gasteiger partial charge in [0.25, 0.3) is 0 Å². The van der Waals surface area contributed by atoms with E-state index in [9.17, 15) is 0 Å². The first-order chi connectivity index (χ1) is 11.0. The van der Waals surface area contributed by atoms with Crippen molar-refractivity contribution >= 4 is 11.5 Å². The standard InChI is InChI=1S/C16H20N6O/c1-16(2,3)15-20-19-13-6-5-12(21-22(13)15)18-10-11-7-8-17-14(9-11)23-4/h5-9H,10H2,1-4H3,(H,18,21). The number of fused-ring (bicyclic) bond motifs is 1. The third-order valence-corrected chi connectivity index (χ3v) is 3.42. The number of hydrogen-bond acceptors (Lipinski definition) is 6. The first-order valence-electron chi connectivity index (χ1n) is 7.43. The van der Waals surface area contributed by atoms with Crippen LogP contribution in [0.1, 0.15) is 32.2 Å². The maximum atomic E-state index is 5.13. The summed E-state index contributed by atoms with van der Waals surface area (Å²) in [6.45, 7) is 6.90. The SMILES string of the molecule is COc1cc(CNc2ccc3nnc(C(C)(C)C)n3n2)ccn1. The summed E-state index contributed by atoms with van der Waals surface area (Å²) < 4.78 is 6.92. The normalized spacial score (nSPS) is 11.7. The molecule has 0 saturated heterocycles. The van der Waals surface area contributed by atoms with Gasteiger partial charge in [-0.2, -0.15) is 4.52 Å². The Hall–Kier alpha value is -2.70. The second kappa shape index (κ2) is 5.83. The van der Waals surface area contributed by atoms with Crippen LogP contribution in [0.25, 0.3) is 5.65 Å². The lowest BCUT2D eigenvalue weighted by molar-refractivity contribution is 0.397. The number of ether oxygens (including phenoxy) is 1. The van der Waals surface area contributed by atoms with E-state index >= 15 is 0 Å². The zero-order valence-electron chi connectivity index (χ0n) is 13.7. The monoisotopic (exact) mass is 312 g/mol. The van der Waals surface area contributed by atoms with Gasteiger partial charge in [-0.15, -0.1) is 15.3 Å². The minimum Gasteiger partial charge on any atom is -0.481 e. The van der Waals surface area contributed by atoms with Crippen LogP contribution >= 0.6 is 0 Å². The fourth-order valence-electron chi connectivity index (χ4n) is 2.22. The van der Waals surface area contributed by atoms with Gasteiger partial charge in [-0.1, -0.05) is 20.8 Å². The molecule has 0 fully saturated rings. The lowest BCUT2D eigenvalue weighted by Gasteiger charge is -2.15. The Morgan fingerprint density at radius 2 is 2.00 bits per heavy atom. The van der Waals surface area contributed by atoms with Crippen LogP contribution in [0, 0.1) is 0 Å². The van der Waals surface area contributed by atoms with Crippen LogP contribution < -0.4 is 10.1 Å². The average Bonchev–Trinajstić information content (AvgIpc) is 2.96. The number of nitrogens with one attached hydrogen (secondary N) is 1. The van der Waals surface area contributed by atoms with E-state index in [2.05, 4.69) is 46.4 Å². The molecule has 23 heavy (non-hydrogen) atoms. The molecule has 1 N–H and O–H groups in total. The summed E-state index contributed by atoms with van der Waals surface area (Å²) in [4.78, 5) is 4.10. The fourth-order valence-corrected chi connectivity index (χ4v) is 2.22. The van der Waals surface area contributed by atoms with E-state index in [1.165, 1.54) is 0 Å². The average molecular weight is 312 g/mol. The van der Waals surface area contributed by atoms with Gasteiger partial charge in [0.15, 0.2) is 11.5 Å². The third kappa shape index (κ3) is 3.23. The maximum absolute atomic E-state index is 5.13. The van der Waals surface area contributed by atoms with Crippen molar-refractivity contribution in [1.29, 1.82) is 0 Å². The van der Waals surface area contributed by atoms with Crippen molar-refractivity contribution in [2.75, 3.05) is 12.4 Å². The van der Waals surface area contributed by atoms with E-state index < -0.39 is 0 Å². The van der Waals surface area contributed by atoms with Gasteiger partial charge in [0, 0.05) is 24.2 Å². The smallest absolute Gasteiger partial charge is 0.213 e. The molecule has 0 atom stereocenters. The van der Waals surface area contributed by atoms with Crippen LogP contribution in [0.4, 0.5) is 5.82 Å². The first kappa shape index (κ1) is 15.2. The van der Waals surface area contributed by atoms with Gasteiger partial charge in [-0.25, -0.2) is 4.98 Å². The molecule has 3 rings (SSSR count). The molecular formula is C16H20N6O. The highest BCUT2D eigenvalue weighted by atomic mass is 16.5. The van der Waals surface area contributed by atoms with E-state index in [1.54, 1.807) is 17.8 Å². The molecule has 0 unspecified atom stereocenters. The molecule has 0 bridgehead atoms. The summed E-state index contributed by atoms with van der Waals surface area (Å²) in [5, 5.41) is 16.3. The largest absolute Gasteiger partial charge is 0.481 e. The van der Waals surface area contributed by atoms with Gasteiger partial charge in [-0.3, -0.25) is 0 Å². The number of hydrogen-bond donors (Lipinski definition) is 1. The second-order valence-corrected chi connectivity index (χ2v) is 6.32. The van der Waals surface area contributed by atoms with Crippen LogP contribution in [-0.4, -0.2) is 31.9 Å². The van der Waals surface area contributed by atoms with E-state index in [0.717, 1.165) is 22.9 Å². The third-order valence-electron chi connectivity index (χ3n) is 3.42. The van der Waals surface area contributed by atoms with Crippen LogP contribution in [0.3, 0.4) is 0 Å². The van der Waals surface area contributed by atoms with Gasteiger partial charge < -0.3 is 10.1 Å². The Labute approximate surface area is 134 Å². The number of pyridine rings is 1. The van der Waals surface area contributed by atoms with E-state index in [-0.39, 0.29) is 5.41 Å². The molecule has 0 amide bonds. The van der Waals surface area contributed by atoms with E-state index in [4.69, 9.17) is 4.74 Å². The van der Waals surface area contributed by atoms with Crippen molar-refractivity contribution in [3.05, 3.63) is 41.9 Å².